The summed E-state index contributed by atoms with van der Waals surface area (Å²) in [5.74, 6) is 0.438. The van der Waals surface area contributed by atoms with Crippen LogP contribution in [0, 0.1) is 5.82 Å². The Labute approximate surface area is 198 Å². The van der Waals surface area contributed by atoms with Gasteiger partial charge in [-0.3, -0.25) is 4.90 Å². The van der Waals surface area contributed by atoms with Crippen LogP contribution in [0.5, 0.6) is 0 Å². The molecular formula is C26H29FN4O3. The zero-order valence-electron chi connectivity index (χ0n) is 19.7. The molecule has 178 valence electrons. The van der Waals surface area contributed by atoms with Crippen LogP contribution in [0.15, 0.2) is 58.8 Å². The summed E-state index contributed by atoms with van der Waals surface area (Å²) in [6.45, 7) is 7.57. The van der Waals surface area contributed by atoms with Crippen LogP contribution >= 0.6 is 0 Å². The van der Waals surface area contributed by atoms with Crippen molar-refractivity contribution in [3.8, 4) is 11.4 Å². The van der Waals surface area contributed by atoms with Gasteiger partial charge in [0.15, 0.2) is 0 Å². The lowest BCUT2D eigenvalue weighted by atomic mass is 9.94. The van der Waals surface area contributed by atoms with Crippen molar-refractivity contribution in [3.05, 3.63) is 77.1 Å². The molecule has 0 saturated carbocycles. The molecule has 0 radical (unpaired) electrons. The zero-order chi connectivity index (χ0) is 24.1. The van der Waals surface area contributed by atoms with Crippen molar-refractivity contribution in [1.82, 2.24) is 20.4 Å². The van der Waals surface area contributed by atoms with Gasteiger partial charge in [0.1, 0.15) is 5.82 Å². The number of carbonyl (C=O) groups excluding carboxylic acids is 1. The molecular weight excluding hydrogens is 435 g/mol. The zero-order valence-corrected chi connectivity index (χ0v) is 19.7. The van der Waals surface area contributed by atoms with E-state index in [0.29, 0.717) is 49.2 Å². The molecule has 7 nitrogen and oxygen atoms in total. The number of allylic oxidation sites excluding steroid dienone is 1. The number of hydrogen-bond donors (Lipinski definition) is 1. The van der Waals surface area contributed by atoms with E-state index in [0.717, 1.165) is 17.5 Å². The van der Waals surface area contributed by atoms with Crippen molar-refractivity contribution in [3.63, 3.8) is 0 Å². The van der Waals surface area contributed by atoms with Crippen LogP contribution in [0.25, 0.3) is 17.0 Å². The lowest BCUT2D eigenvalue weighted by Gasteiger charge is -2.35. The van der Waals surface area contributed by atoms with Gasteiger partial charge < -0.3 is 14.6 Å². The third-order valence-electron chi connectivity index (χ3n) is 5.95. The topological polar surface area (TPSA) is 80.5 Å². The number of carbonyl (C=O) groups is 1. The Hall–Kier alpha value is -3.52. The summed E-state index contributed by atoms with van der Waals surface area (Å²) in [7, 11) is 0. The molecule has 4 rings (SSSR count). The lowest BCUT2D eigenvalue weighted by Crippen LogP contribution is -2.46. The van der Waals surface area contributed by atoms with E-state index in [1.54, 1.807) is 17.0 Å². The summed E-state index contributed by atoms with van der Waals surface area (Å²) in [4.78, 5) is 19.3. The number of ether oxygens (including phenoxy) is 1. The average Bonchev–Trinajstić information content (AvgIpc) is 3.33. The first-order chi connectivity index (χ1) is 16.5. The monoisotopic (exact) mass is 464 g/mol. The standard InChI is InChI=1S/C26H29FN4O3/c1-4-18-7-9-20(10-8-18)24-29-25(34-30-24)22-17(3)31(15-6-16-33-5-2)26(32)28-23(22)19-11-13-21(27)14-12-19/h7-14,23H,4-6,15-16H2,1-3H3,(H,28,32). The minimum Gasteiger partial charge on any atom is -0.382 e. The summed E-state index contributed by atoms with van der Waals surface area (Å²) in [6, 6.07) is 13.3. The number of urea groups is 1. The van der Waals surface area contributed by atoms with Crippen LogP contribution < -0.4 is 5.32 Å². The molecule has 0 fully saturated rings. The fourth-order valence-corrected chi connectivity index (χ4v) is 4.04. The van der Waals surface area contributed by atoms with Gasteiger partial charge in [-0.15, -0.1) is 0 Å². The van der Waals surface area contributed by atoms with E-state index in [-0.39, 0.29) is 11.8 Å². The van der Waals surface area contributed by atoms with Gasteiger partial charge in [-0.1, -0.05) is 48.5 Å². The Morgan fingerprint density at radius 3 is 2.53 bits per heavy atom. The molecule has 2 heterocycles. The summed E-state index contributed by atoms with van der Waals surface area (Å²) in [5.41, 5.74) is 4.19. The number of nitrogens with zero attached hydrogens (tertiary/aromatic N) is 3. The molecule has 34 heavy (non-hydrogen) atoms. The molecule has 2 aromatic carbocycles. The smallest absolute Gasteiger partial charge is 0.322 e. The third kappa shape index (κ3) is 5.02. The predicted molar refractivity (Wildman–Crippen MR) is 127 cm³/mol. The van der Waals surface area contributed by atoms with E-state index >= 15 is 0 Å². The van der Waals surface area contributed by atoms with Gasteiger partial charge in [-0.05, 0) is 49.9 Å². The molecule has 0 aliphatic carbocycles. The maximum absolute atomic E-state index is 13.6. The van der Waals surface area contributed by atoms with Gasteiger partial charge >= 0.3 is 6.03 Å². The first-order valence-corrected chi connectivity index (χ1v) is 11.6. The van der Waals surface area contributed by atoms with Crippen molar-refractivity contribution in [2.75, 3.05) is 19.8 Å². The number of amides is 2. The highest BCUT2D eigenvalue weighted by atomic mass is 19.1. The van der Waals surface area contributed by atoms with E-state index in [4.69, 9.17) is 9.26 Å². The highest BCUT2D eigenvalue weighted by molar-refractivity contribution is 5.86. The predicted octanol–water partition coefficient (Wildman–Crippen LogP) is 5.36. The van der Waals surface area contributed by atoms with E-state index in [9.17, 15) is 9.18 Å². The molecule has 0 spiro atoms. The second-order valence-corrected chi connectivity index (χ2v) is 8.11. The number of nitrogens with one attached hydrogen (secondary N) is 1. The van der Waals surface area contributed by atoms with E-state index < -0.39 is 6.04 Å². The molecule has 1 aromatic heterocycles. The van der Waals surface area contributed by atoms with Crippen LogP contribution in [0.4, 0.5) is 9.18 Å². The number of halogens is 1. The quantitative estimate of drug-likeness (QED) is 0.431. The Balaban J connectivity index is 1.71. The van der Waals surface area contributed by atoms with Crippen LogP contribution in [0.3, 0.4) is 0 Å². The van der Waals surface area contributed by atoms with Crippen molar-refractivity contribution in [1.29, 1.82) is 0 Å². The maximum Gasteiger partial charge on any atom is 0.322 e. The van der Waals surface area contributed by atoms with Gasteiger partial charge in [0.2, 0.25) is 5.82 Å². The fraction of sp³-hybridized carbons (Fsp3) is 0.346. The molecule has 1 unspecified atom stereocenters. The number of benzene rings is 2. The van der Waals surface area contributed by atoms with Crippen LogP contribution in [-0.4, -0.2) is 40.8 Å². The van der Waals surface area contributed by atoms with Crippen molar-refractivity contribution in [2.45, 2.75) is 39.7 Å². The third-order valence-corrected chi connectivity index (χ3v) is 5.95. The van der Waals surface area contributed by atoms with Gasteiger partial charge in [0.25, 0.3) is 5.89 Å². The summed E-state index contributed by atoms with van der Waals surface area (Å²) in [6.07, 6.45) is 1.63. The number of rotatable bonds is 9. The number of hydrogen-bond acceptors (Lipinski definition) is 5. The molecule has 3 aromatic rings. The molecule has 8 heteroatoms. The molecule has 0 bridgehead atoms. The molecule has 1 aliphatic heterocycles. The highest BCUT2D eigenvalue weighted by Crippen LogP contribution is 2.37. The first kappa shape index (κ1) is 23.6. The second kappa shape index (κ2) is 10.6. The van der Waals surface area contributed by atoms with Gasteiger partial charge in [-0.2, -0.15) is 4.98 Å². The summed E-state index contributed by atoms with van der Waals surface area (Å²) < 4.78 is 24.7. The van der Waals surface area contributed by atoms with E-state index in [2.05, 4.69) is 22.4 Å². The van der Waals surface area contributed by atoms with Gasteiger partial charge in [-0.25, -0.2) is 9.18 Å². The normalized spacial score (nSPS) is 16.2. The molecule has 1 N–H and O–H groups in total. The highest BCUT2D eigenvalue weighted by Gasteiger charge is 2.35. The SMILES string of the molecule is CCOCCCN1C(=O)NC(c2ccc(F)cc2)C(c2nc(-c3ccc(CC)cc3)no2)=C1C. The van der Waals surface area contributed by atoms with Crippen LogP contribution in [0.1, 0.15) is 50.3 Å². The molecule has 2 amide bonds. The average molecular weight is 465 g/mol. The van der Waals surface area contributed by atoms with Crippen molar-refractivity contribution in [2.24, 2.45) is 0 Å². The molecule has 1 atom stereocenters. The van der Waals surface area contributed by atoms with E-state index in [1.807, 2.05) is 38.1 Å². The van der Waals surface area contributed by atoms with E-state index in [1.165, 1.54) is 17.7 Å². The Morgan fingerprint density at radius 2 is 1.85 bits per heavy atom. The van der Waals surface area contributed by atoms with Crippen molar-refractivity contribution >= 4 is 11.6 Å². The number of aryl methyl sites for hydroxylation is 1. The summed E-state index contributed by atoms with van der Waals surface area (Å²) >= 11 is 0. The summed E-state index contributed by atoms with van der Waals surface area (Å²) in [5, 5.41) is 7.22. The Bertz CT molecular complexity index is 1160. The van der Waals surface area contributed by atoms with Crippen LogP contribution in [0.2, 0.25) is 0 Å². The minimum absolute atomic E-state index is 0.234. The lowest BCUT2D eigenvalue weighted by molar-refractivity contribution is 0.136. The largest absolute Gasteiger partial charge is 0.382 e. The minimum atomic E-state index is -0.549. The molecule has 0 saturated heterocycles. The Kier molecular flexibility index (Phi) is 7.37. The molecule has 1 aliphatic rings. The van der Waals surface area contributed by atoms with Gasteiger partial charge in [0, 0.05) is 31.0 Å². The first-order valence-electron chi connectivity index (χ1n) is 11.6. The maximum atomic E-state index is 13.6. The van der Waals surface area contributed by atoms with Gasteiger partial charge in [0.05, 0.1) is 11.6 Å². The van der Waals surface area contributed by atoms with Crippen LogP contribution in [-0.2, 0) is 11.2 Å². The van der Waals surface area contributed by atoms with Crippen molar-refractivity contribution < 1.29 is 18.4 Å². The number of aromatic nitrogens is 2. The second-order valence-electron chi connectivity index (χ2n) is 8.11. The fourth-order valence-electron chi connectivity index (χ4n) is 4.04. The Morgan fingerprint density at radius 1 is 1.12 bits per heavy atom.